The third kappa shape index (κ3) is 5.57. The van der Waals surface area contributed by atoms with Crippen molar-refractivity contribution in [2.75, 3.05) is 24.6 Å². The summed E-state index contributed by atoms with van der Waals surface area (Å²) in [7, 11) is 0. The number of nitrogens with zero attached hydrogens (tertiary/aromatic N) is 4. The van der Waals surface area contributed by atoms with E-state index in [1.165, 1.54) is 11.5 Å². The number of rotatable bonds is 8. The summed E-state index contributed by atoms with van der Waals surface area (Å²) in [5.41, 5.74) is 4.58. The second-order valence-electron chi connectivity index (χ2n) is 8.39. The largest absolute Gasteiger partial charge is 0.493 e. The molecule has 4 N–H and O–H groups in total. The van der Waals surface area contributed by atoms with Crippen molar-refractivity contribution in [1.29, 1.82) is 0 Å². The number of carboxylic acid groups (broad SMARTS) is 1. The number of nitrogens with two attached hydrogens (primary N) is 1. The van der Waals surface area contributed by atoms with Gasteiger partial charge in [0.2, 0.25) is 5.91 Å². The van der Waals surface area contributed by atoms with Crippen molar-refractivity contribution in [2.24, 2.45) is 5.16 Å². The highest BCUT2D eigenvalue weighted by molar-refractivity contribution is 8.00. The van der Waals surface area contributed by atoms with Crippen molar-refractivity contribution in [3.8, 4) is 0 Å². The van der Waals surface area contributed by atoms with E-state index in [2.05, 4.69) is 26.9 Å². The Morgan fingerprint density at radius 1 is 1.35 bits per heavy atom. The average molecular weight is 601 g/mol. The molecule has 0 unspecified atom stereocenters. The number of anilines is 1. The number of aliphatic carboxylic acids is 1. The van der Waals surface area contributed by atoms with Gasteiger partial charge in [-0.2, -0.15) is 13.2 Å². The standard InChI is InChI=1S/C22H19F3N6O7S2/c1-2-4-30-5-3-9(16(30)33)6-10-7-39-18-13(17(34)31(18)14(10)19(35)36)28-15(32)12(11-8-40-21(26)27-11)29-38-20(37)22(23,24)25/h2,6,8,13,18H,1,3-5,7H2,(H2,26,27)(H,28,32)(H,35,36)/b9-6+,29-12-/t13-,18-/m1/s1. The number of hydrogen-bond donors (Lipinski definition) is 3. The summed E-state index contributed by atoms with van der Waals surface area (Å²) in [5, 5.41) is 15.3. The first-order valence-electron chi connectivity index (χ1n) is 11.2. The van der Waals surface area contributed by atoms with Crippen LogP contribution in [-0.2, 0) is 28.8 Å². The van der Waals surface area contributed by atoms with Crippen LogP contribution in [0.4, 0.5) is 18.3 Å². The summed E-state index contributed by atoms with van der Waals surface area (Å²) >= 11 is 1.92. The van der Waals surface area contributed by atoms with Crippen molar-refractivity contribution in [2.45, 2.75) is 24.0 Å². The van der Waals surface area contributed by atoms with Crippen LogP contribution in [0.15, 0.2) is 46.1 Å². The molecule has 13 nitrogen and oxygen atoms in total. The number of β-lactam (4-membered cyclic amide) rings is 1. The number of aromatic nitrogens is 1. The van der Waals surface area contributed by atoms with Crippen molar-refractivity contribution in [3.05, 3.63) is 46.6 Å². The Kier molecular flexibility index (Phi) is 8.01. The van der Waals surface area contributed by atoms with Crippen LogP contribution in [0.5, 0.6) is 0 Å². The number of oxime groups is 1. The van der Waals surface area contributed by atoms with Crippen LogP contribution in [0.25, 0.3) is 0 Å². The Labute approximate surface area is 231 Å². The number of thioether (sulfide) groups is 1. The fourth-order valence-electron chi connectivity index (χ4n) is 4.04. The van der Waals surface area contributed by atoms with E-state index in [9.17, 15) is 42.3 Å². The number of carbonyl (C=O) groups excluding carboxylic acids is 4. The number of likely N-dealkylation sites (tertiary alicyclic amines) is 1. The Hall–Kier alpha value is -4.19. The Bertz CT molecular complexity index is 1400. The number of thiazole rings is 1. The Morgan fingerprint density at radius 2 is 2.08 bits per heavy atom. The topological polar surface area (TPSA) is 185 Å². The van der Waals surface area contributed by atoms with Gasteiger partial charge in [-0.1, -0.05) is 11.2 Å². The summed E-state index contributed by atoms with van der Waals surface area (Å²) in [6.07, 6.45) is -2.00. The maximum atomic E-state index is 13.0. The number of alkyl halides is 3. The fourth-order valence-corrected chi connectivity index (χ4v) is 5.90. The highest BCUT2D eigenvalue weighted by Crippen LogP contribution is 2.41. The summed E-state index contributed by atoms with van der Waals surface area (Å²) < 4.78 is 37.6. The van der Waals surface area contributed by atoms with Crippen molar-refractivity contribution >= 4 is 63.6 Å². The smallest absolute Gasteiger partial charge is 0.477 e. The maximum absolute atomic E-state index is 13.0. The number of nitrogen functional groups attached to an aromatic ring is 1. The van der Waals surface area contributed by atoms with E-state index >= 15 is 0 Å². The number of carbonyl (C=O) groups is 5. The molecule has 0 aliphatic carbocycles. The van der Waals surface area contributed by atoms with Gasteiger partial charge in [-0.05, 0) is 18.1 Å². The number of nitrogens with one attached hydrogen (secondary N) is 1. The molecule has 3 aliphatic heterocycles. The molecular formula is C22H19F3N6O7S2. The molecule has 0 bridgehead atoms. The number of fused-ring (bicyclic) bond motifs is 1. The number of halogens is 3. The molecule has 212 valence electrons. The summed E-state index contributed by atoms with van der Waals surface area (Å²) in [6.45, 7) is 4.36. The van der Waals surface area contributed by atoms with E-state index < -0.39 is 47.1 Å². The van der Waals surface area contributed by atoms with Crippen LogP contribution in [0.1, 0.15) is 12.1 Å². The summed E-state index contributed by atoms with van der Waals surface area (Å²) in [4.78, 5) is 71.7. The highest BCUT2D eigenvalue weighted by atomic mass is 32.2. The minimum atomic E-state index is -5.39. The first-order chi connectivity index (χ1) is 18.8. The van der Waals surface area contributed by atoms with E-state index in [4.69, 9.17) is 5.73 Å². The van der Waals surface area contributed by atoms with E-state index in [1.54, 1.807) is 11.0 Å². The second kappa shape index (κ2) is 11.1. The first kappa shape index (κ1) is 28.8. The van der Waals surface area contributed by atoms with Crippen LogP contribution in [0.3, 0.4) is 0 Å². The molecule has 40 heavy (non-hydrogen) atoms. The molecule has 3 aliphatic rings. The predicted molar refractivity (Wildman–Crippen MR) is 134 cm³/mol. The lowest BCUT2D eigenvalue weighted by atomic mass is 10.0. The van der Waals surface area contributed by atoms with Gasteiger partial charge in [0.05, 0.1) is 0 Å². The van der Waals surface area contributed by atoms with Gasteiger partial charge in [-0.15, -0.1) is 29.7 Å². The lowest BCUT2D eigenvalue weighted by Crippen LogP contribution is -2.71. The Morgan fingerprint density at radius 3 is 2.67 bits per heavy atom. The molecule has 0 aromatic carbocycles. The normalized spacial score (nSPS) is 22.3. The number of hydrogen-bond acceptors (Lipinski definition) is 11. The lowest BCUT2D eigenvalue weighted by Gasteiger charge is -2.49. The van der Waals surface area contributed by atoms with Crippen LogP contribution in [-0.4, -0.2) is 91.7 Å². The molecular weight excluding hydrogens is 581 g/mol. The fraction of sp³-hybridized carbons (Fsp3) is 0.318. The van der Waals surface area contributed by atoms with Crippen LogP contribution >= 0.6 is 23.1 Å². The van der Waals surface area contributed by atoms with E-state index in [1.807, 2.05) is 0 Å². The molecule has 1 aromatic heterocycles. The molecule has 4 heterocycles. The first-order valence-corrected chi connectivity index (χ1v) is 13.2. The third-order valence-electron chi connectivity index (χ3n) is 5.83. The highest BCUT2D eigenvalue weighted by Gasteiger charge is 2.54. The van der Waals surface area contributed by atoms with E-state index in [-0.39, 0.29) is 33.8 Å². The van der Waals surface area contributed by atoms with Crippen molar-refractivity contribution in [3.63, 3.8) is 0 Å². The maximum Gasteiger partial charge on any atom is 0.493 e. The van der Waals surface area contributed by atoms with Crippen molar-refractivity contribution in [1.82, 2.24) is 20.1 Å². The van der Waals surface area contributed by atoms with Gasteiger partial charge < -0.3 is 25.9 Å². The number of allylic oxidation sites excluding steroid dienone is 1. The van der Waals surface area contributed by atoms with Gasteiger partial charge in [-0.25, -0.2) is 14.6 Å². The van der Waals surface area contributed by atoms with E-state index in [0.717, 1.165) is 28.0 Å². The van der Waals surface area contributed by atoms with Crippen LogP contribution < -0.4 is 11.1 Å². The zero-order valence-corrected chi connectivity index (χ0v) is 21.8. The van der Waals surface area contributed by atoms with Gasteiger partial charge >= 0.3 is 18.1 Å². The minimum absolute atomic E-state index is 0.0716. The monoisotopic (exact) mass is 600 g/mol. The van der Waals surface area contributed by atoms with Gasteiger partial charge in [0.1, 0.15) is 22.8 Å². The number of amides is 3. The molecule has 1 aromatic rings. The van der Waals surface area contributed by atoms with Gasteiger partial charge in [0.15, 0.2) is 10.8 Å². The minimum Gasteiger partial charge on any atom is -0.477 e. The zero-order chi connectivity index (χ0) is 29.4. The predicted octanol–water partition coefficient (Wildman–Crippen LogP) is 0.618. The van der Waals surface area contributed by atoms with E-state index in [0.29, 0.717) is 25.1 Å². The van der Waals surface area contributed by atoms with Crippen LogP contribution in [0.2, 0.25) is 0 Å². The van der Waals surface area contributed by atoms with Gasteiger partial charge in [-0.3, -0.25) is 19.3 Å². The SMILES string of the molecule is C=CCN1CC/C(=C\C2=C(C(=O)O)N3C(=O)[C@@H](NC(=O)/C(=N\OC(=O)C(F)(F)F)c4csc(N)n4)[C@H]3SC2)C1=O. The zero-order valence-electron chi connectivity index (χ0n) is 20.1. The molecule has 2 atom stereocenters. The van der Waals surface area contributed by atoms with Gasteiger partial charge in [0, 0.05) is 29.8 Å². The summed E-state index contributed by atoms with van der Waals surface area (Å²) in [5.74, 6) is -6.36. The van der Waals surface area contributed by atoms with Crippen molar-refractivity contribution < 1.29 is 47.1 Å². The molecule has 0 radical (unpaired) electrons. The average Bonchev–Trinajstić information content (AvgIpc) is 3.47. The molecule has 2 fully saturated rings. The molecule has 0 saturated carbocycles. The quantitative estimate of drug-likeness (QED) is 0.0954. The molecule has 2 saturated heterocycles. The van der Waals surface area contributed by atoms with Crippen LogP contribution in [0, 0.1) is 0 Å². The molecule has 4 rings (SSSR count). The van der Waals surface area contributed by atoms with Gasteiger partial charge in [0.25, 0.3) is 11.8 Å². The Balaban J connectivity index is 1.55. The molecule has 0 spiro atoms. The second-order valence-corrected chi connectivity index (χ2v) is 10.4. The third-order valence-corrected chi connectivity index (χ3v) is 7.80. The molecule has 3 amide bonds. The summed E-state index contributed by atoms with van der Waals surface area (Å²) in [6, 6.07) is -1.29. The lowest BCUT2D eigenvalue weighted by molar-refractivity contribution is -0.199. The number of carboxylic acids is 1. The molecule has 18 heteroatoms.